The number of carbonyl (C=O) groups is 1. The normalized spacial score (nSPS) is 10.6. The number of aliphatic hydroxyl groups excluding tert-OH is 1. The number of aryl methyl sites for hydroxylation is 1. The van der Waals surface area contributed by atoms with E-state index in [2.05, 4.69) is 10.5 Å². The van der Waals surface area contributed by atoms with E-state index >= 15 is 0 Å². The van der Waals surface area contributed by atoms with Gasteiger partial charge in [0.05, 0.1) is 12.5 Å². The molecule has 0 atom stereocenters. The Hall–Kier alpha value is -1.62. The molecule has 13 heavy (non-hydrogen) atoms. The Labute approximate surface area is 75.1 Å². The molecular weight excluding hydrogens is 172 g/mol. The fourth-order valence-corrected chi connectivity index (χ4v) is 0.715. The third-order valence-electron chi connectivity index (χ3n) is 1.42. The first-order valence-electron chi connectivity index (χ1n) is 3.71. The van der Waals surface area contributed by atoms with Crippen molar-refractivity contribution in [2.45, 2.75) is 6.92 Å². The van der Waals surface area contributed by atoms with E-state index in [0.717, 1.165) is 5.56 Å². The van der Waals surface area contributed by atoms with Crippen LogP contribution in [0.5, 0.6) is 0 Å². The first kappa shape index (κ1) is 9.47. The highest BCUT2D eigenvalue weighted by molar-refractivity contribution is 5.81. The Kier molecular flexibility index (Phi) is 3.22. The van der Waals surface area contributed by atoms with Gasteiger partial charge in [-0.25, -0.2) is 5.43 Å². The number of hydrogen-bond donors (Lipinski definition) is 2. The quantitative estimate of drug-likeness (QED) is 0.511. The molecule has 0 saturated carbocycles. The van der Waals surface area contributed by atoms with Crippen LogP contribution >= 0.6 is 0 Å². The van der Waals surface area contributed by atoms with E-state index in [0.29, 0.717) is 5.76 Å². The Morgan fingerprint density at radius 3 is 3.15 bits per heavy atom. The van der Waals surface area contributed by atoms with Crippen molar-refractivity contribution < 1.29 is 14.3 Å². The molecule has 1 amide bonds. The molecule has 0 fully saturated rings. The molecule has 1 rings (SSSR count). The van der Waals surface area contributed by atoms with E-state index < -0.39 is 12.5 Å². The standard InChI is InChI=1S/C8H10N2O3/c1-6-2-3-13-7(6)4-9-10-8(12)5-11/h2-4,11H,5H2,1H3,(H,10,12)/b9-4+. The molecule has 5 heteroatoms. The molecule has 0 aliphatic carbocycles. The Balaban J connectivity index is 2.50. The van der Waals surface area contributed by atoms with Crippen molar-refractivity contribution in [1.29, 1.82) is 0 Å². The van der Waals surface area contributed by atoms with Gasteiger partial charge in [-0.15, -0.1) is 0 Å². The van der Waals surface area contributed by atoms with E-state index in [1.807, 2.05) is 6.92 Å². The molecule has 5 nitrogen and oxygen atoms in total. The van der Waals surface area contributed by atoms with Crippen LogP contribution in [0.3, 0.4) is 0 Å². The van der Waals surface area contributed by atoms with Crippen LogP contribution < -0.4 is 5.43 Å². The van der Waals surface area contributed by atoms with Gasteiger partial charge in [0.1, 0.15) is 12.4 Å². The summed E-state index contributed by atoms with van der Waals surface area (Å²) in [6, 6.07) is 1.79. The van der Waals surface area contributed by atoms with Gasteiger partial charge in [-0.1, -0.05) is 0 Å². The van der Waals surface area contributed by atoms with Crippen LogP contribution in [0.1, 0.15) is 11.3 Å². The predicted octanol–water partition coefficient (Wildman–Crippen LogP) is 0.0304. The second kappa shape index (κ2) is 4.42. The predicted molar refractivity (Wildman–Crippen MR) is 46.3 cm³/mol. The number of furan rings is 1. The molecule has 0 saturated heterocycles. The van der Waals surface area contributed by atoms with Gasteiger partial charge in [0.25, 0.3) is 5.91 Å². The molecule has 1 aromatic rings. The maximum Gasteiger partial charge on any atom is 0.265 e. The van der Waals surface area contributed by atoms with Crippen LogP contribution in [-0.4, -0.2) is 23.8 Å². The van der Waals surface area contributed by atoms with Crippen molar-refractivity contribution >= 4 is 12.1 Å². The Morgan fingerprint density at radius 2 is 2.62 bits per heavy atom. The lowest BCUT2D eigenvalue weighted by molar-refractivity contribution is -0.123. The number of rotatable bonds is 3. The Bertz CT molecular complexity index is 317. The fourth-order valence-electron chi connectivity index (χ4n) is 0.715. The van der Waals surface area contributed by atoms with Gasteiger partial charge in [-0.2, -0.15) is 5.10 Å². The number of nitrogens with one attached hydrogen (secondary N) is 1. The van der Waals surface area contributed by atoms with E-state index in [1.54, 1.807) is 6.07 Å². The first-order valence-corrected chi connectivity index (χ1v) is 3.71. The van der Waals surface area contributed by atoms with Crippen LogP contribution in [0.25, 0.3) is 0 Å². The molecule has 0 aromatic carbocycles. The highest BCUT2D eigenvalue weighted by Crippen LogP contribution is 2.04. The number of amides is 1. The lowest BCUT2D eigenvalue weighted by Gasteiger charge is -1.92. The topological polar surface area (TPSA) is 74.8 Å². The summed E-state index contributed by atoms with van der Waals surface area (Å²) in [6.45, 7) is 1.28. The van der Waals surface area contributed by atoms with Gasteiger partial charge < -0.3 is 9.52 Å². The monoisotopic (exact) mass is 182 g/mol. The zero-order chi connectivity index (χ0) is 9.68. The molecule has 1 aromatic heterocycles. The maximum absolute atomic E-state index is 10.5. The van der Waals surface area contributed by atoms with Gasteiger partial charge in [-0.05, 0) is 18.6 Å². The highest BCUT2D eigenvalue weighted by Gasteiger charge is 1.97. The summed E-state index contributed by atoms with van der Waals surface area (Å²) in [6.07, 6.45) is 2.91. The summed E-state index contributed by atoms with van der Waals surface area (Å²) in [7, 11) is 0. The zero-order valence-corrected chi connectivity index (χ0v) is 7.15. The van der Waals surface area contributed by atoms with Crippen LogP contribution in [0, 0.1) is 6.92 Å². The SMILES string of the molecule is Cc1ccoc1/C=N/NC(=O)CO. The summed E-state index contributed by atoms with van der Waals surface area (Å²) in [5.41, 5.74) is 3.05. The fraction of sp³-hybridized carbons (Fsp3) is 0.250. The van der Waals surface area contributed by atoms with Crippen molar-refractivity contribution in [2.75, 3.05) is 6.61 Å². The number of aliphatic hydroxyl groups is 1. The van der Waals surface area contributed by atoms with E-state index in [9.17, 15) is 4.79 Å². The number of carbonyl (C=O) groups excluding carboxylic acids is 1. The third kappa shape index (κ3) is 2.72. The van der Waals surface area contributed by atoms with Gasteiger partial charge in [0, 0.05) is 0 Å². The molecule has 2 N–H and O–H groups in total. The van der Waals surface area contributed by atoms with Gasteiger partial charge >= 0.3 is 0 Å². The summed E-state index contributed by atoms with van der Waals surface area (Å²) < 4.78 is 5.02. The molecule has 0 radical (unpaired) electrons. The van der Waals surface area contributed by atoms with Crippen LogP contribution in [0.2, 0.25) is 0 Å². The van der Waals surface area contributed by atoms with Crippen molar-refractivity contribution in [3.05, 3.63) is 23.7 Å². The van der Waals surface area contributed by atoms with Crippen LogP contribution in [-0.2, 0) is 4.79 Å². The van der Waals surface area contributed by atoms with Crippen molar-refractivity contribution in [1.82, 2.24) is 5.43 Å². The second-order valence-corrected chi connectivity index (χ2v) is 2.42. The minimum atomic E-state index is -0.575. The van der Waals surface area contributed by atoms with E-state index in [-0.39, 0.29) is 0 Å². The first-order chi connectivity index (χ1) is 6.24. The van der Waals surface area contributed by atoms with Crippen LogP contribution in [0.15, 0.2) is 21.8 Å². The van der Waals surface area contributed by atoms with Crippen molar-refractivity contribution in [3.63, 3.8) is 0 Å². The lowest BCUT2D eigenvalue weighted by atomic mass is 10.3. The maximum atomic E-state index is 10.5. The Morgan fingerprint density at radius 1 is 1.85 bits per heavy atom. The van der Waals surface area contributed by atoms with Gasteiger partial charge in [0.2, 0.25) is 0 Å². The van der Waals surface area contributed by atoms with Crippen LogP contribution in [0.4, 0.5) is 0 Å². The summed E-state index contributed by atoms with van der Waals surface area (Å²) in [5.74, 6) is 0.0266. The largest absolute Gasteiger partial charge is 0.463 e. The van der Waals surface area contributed by atoms with E-state index in [4.69, 9.17) is 9.52 Å². The summed E-state index contributed by atoms with van der Waals surface area (Å²) >= 11 is 0. The smallest absolute Gasteiger partial charge is 0.265 e. The van der Waals surface area contributed by atoms with Gasteiger partial charge in [-0.3, -0.25) is 4.79 Å². The molecule has 0 spiro atoms. The van der Waals surface area contributed by atoms with Crippen molar-refractivity contribution in [2.24, 2.45) is 5.10 Å². The average Bonchev–Trinajstić information content (AvgIpc) is 2.52. The lowest BCUT2D eigenvalue weighted by Crippen LogP contribution is -2.20. The molecule has 70 valence electrons. The zero-order valence-electron chi connectivity index (χ0n) is 7.15. The molecule has 0 aliphatic rings. The molecule has 1 heterocycles. The second-order valence-electron chi connectivity index (χ2n) is 2.42. The molecular formula is C8H10N2O3. The highest BCUT2D eigenvalue weighted by atomic mass is 16.3. The molecule has 0 aliphatic heterocycles. The number of nitrogens with zero attached hydrogens (tertiary/aromatic N) is 1. The van der Waals surface area contributed by atoms with Gasteiger partial charge in [0.15, 0.2) is 0 Å². The summed E-state index contributed by atoms with van der Waals surface area (Å²) in [4.78, 5) is 10.5. The summed E-state index contributed by atoms with van der Waals surface area (Å²) in [5, 5.41) is 11.9. The number of hydrazone groups is 1. The average molecular weight is 182 g/mol. The minimum absolute atomic E-state index is 0.555. The third-order valence-corrected chi connectivity index (χ3v) is 1.42. The minimum Gasteiger partial charge on any atom is -0.463 e. The van der Waals surface area contributed by atoms with Crippen molar-refractivity contribution in [3.8, 4) is 0 Å². The molecule has 0 bridgehead atoms. The molecule has 0 unspecified atom stereocenters. The number of hydrogen-bond acceptors (Lipinski definition) is 4. The van der Waals surface area contributed by atoms with E-state index in [1.165, 1.54) is 12.5 Å².